The maximum absolute atomic E-state index is 5.53. The zero-order valence-corrected chi connectivity index (χ0v) is 20.2. The van der Waals surface area contributed by atoms with Gasteiger partial charge in [0.05, 0.1) is 12.2 Å². The zero-order chi connectivity index (χ0) is 20.3. The maximum atomic E-state index is 5.53. The molecule has 3 aromatic carbocycles. The number of fused-ring (bicyclic) bond motifs is 3. The lowest BCUT2D eigenvalue weighted by Crippen LogP contribution is -2.10. The van der Waals surface area contributed by atoms with E-state index in [0.717, 1.165) is 34.6 Å². The molecule has 3 aromatic rings. The van der Waals surface area contributed by atoms with Crippen molar-refractivity contribution < 1.29 is 9.47 Å². The molecule has 2 unspecified atom stereocenters. The second-order valence-electron chi connectivity index (χ2n) is 7.51. The van der Waals surface area contributed by atoms with Crippen LogP contribution in [-0.2, 0) is 22.3 Å². The van der Waals surface area contributed by atoms with Gasteiger partial charge in [-0.1, -0.05) is 44.0 Å². The van der Waals surface area contributed by atoms with Gasteiger partial charge in [-0.25, -0.2) is 0 Å². The summed E-state index contributed by atoms with van der Waals surface area (Å²) in [5.74, 6) is 0. The van der Waals surface area contributed by atoms with Gasteiger partial charge in [0, 0.05) is 23.2 Å². The molecule has 0 heterocycles. The molecule has 0 N–H and O–H groups in total. The van der Waals surface area contributed by atoms with E-state index in [2.05, 4.69) is 82.1 Å². The summed E-state index contributed by atoms with van der Waals surface area (Å²) in [5.41, 5.74) is 2.88. The van der Waals surface area contributed by atoms with Gasteiger partial charge in [0.25, 0.3) is 0 Å². The molecule has 0 aliphatic rings. The van der Waals surface area contributed by atoms with Crippen molar-refractivity contribution in [2.75, 3.05) is 14.2 Å². The first-order chi connectivity index (χ1) is 13.4. The van der Waals surface area contributed by atoms with Gasteiger partial charge in [-0.3, -0.25) is 0 Å². The van der Waals surface area contributed by atoms with Crippen LogP contribution in [0.3, 0.4) is 0 Å². The Bertz CT molecular complexity index is 889. The number of ether oxygens (including phenoxy) is 2. The molecule has 28 heavy (non-hydrogen) atoms. The molecule has 0 radical (unpaired) electrons. The molecule has 0 aliphatic carbocycles. The summed E-state index contributed by atoms with van der Waals surface area (Å²) >= 11 is 7.36. The molecule has 2 atom stereocenters. The SMILES string of the molecule is COC(C)CCc1c(CCC(C)OC)c2cc(Br)ccc2c2ccc(Br)cc12. The van der Waals surface area contributed by atoms with E-state index in [1.165, 1.54) is 32.7 Å². The second kappa shape index (κ2) is 9.71. The summed E-state index contributed by atoms with van der Waals surface area (Å²) < 4.78 is 13.3. The number of methoxy groups -OCH3 is 2. The number of aryl methyl sites for hydroxylation is 2. The van der Waals surface area contributed by atoms with E-state index in [1.54, 1.807) is 14.2 Å². The number of benzene rings is 3. The van der Waals surface area contributed by atoms with Gasteiger partial charge in [-0.05, 0) is 96.5 Å². The van der Waals surface area contributed by atoms with Crippen molar-refractivity contribution in [1.29, 1.82) is 0 Å². The van der Waals surface area contributed by atoms with Crippen molar-refractivity contribution in [1.82, 2.24) is 0 Å². The zero-order valence-electron chi connectivity index (χ0n) is 17.0. The second-order valence-corrected chi connectivity index (χ2v) is 9.34. The molecule has 0 aromatic heterocycles. The first kappa shape index (κ1) is 21.8. The minimum absolute atomic E-state index is 0.242. The topological polar surface area (TPSA) is 18.5 Å². The number of rotatable bonds is 8. The Balaban J connectivity index is 2.25. The van der Waals surface area contributed by atoms with Crippen molar-refractivity contribution in [3.63, 3.8) is 0 Å². The summed E-state index contributed by atoms with van der Waals surface area (Å²) in [4.78, 5) is 0. The molecule has 2 nitrogen and oxygen atoms in total. The normalized spacial score (nSPS) is 13.9. The van der Waals surface area contributed by atoms with E-state index in [0.29, 0.717) is 0 Å². The fraction of sp³-hybridized carbons (Fsp3) is 0.417. The van der Waals surface area contributed by atoms with E-state index in [9.17, 15) is 0 Å². The molecule has 4 heteroatoms. The summed E-state index contributed by atoms with van der Waals surface area (Å²) in [6, 6.07) is 13.3. The summed E-state index contributed by atoms with van der Waals surface area (Å²) in [7, 11) is 3.58. The van der Waals surface area contributed by atoms with Gasteiger partial charge >= 0.3 is 0 Å². The van der Waals surface area contributed by atoms with Gasteiger partial charge in [0.1, 0.15) is 0 Å². The summed E-state index contributed by atoms with van der Waals surface area (Å²) in [6.07, 6.45) is 4.49. The Kier molecular flexibility index (Phi) is 7.54. The largest absolute Gasteiger partial charge is 0.382 e. The molecule has 150 valence electrons. The van der Waals surface area contributed by atoms with E-state index in [1.807, 2.05) is 0 Å². The minimum atomic E-state index is 0.242. The minimum Gasteiger partial charge on any atom is -0.382 e. The lowest BCUT2D eigenvalue weighted by molar-refractivity contribution is 0.110. The van der Waals surface area contributed by atoms with Crippen LogP contribution in [0.4, 0.5) is 0 Å². The lowest BCUT2D eigenvalue weighted by atomic mass is 9.86. The van der Waals surface area contributed by atoms with Crippen LogP contribution in [0.2, 0.25) is 0 Å². The van der Waals surface area contributed by atoms with Crippen molar-refractivity contribution in [2.45, 2.75) is 51.7 Å². The van der Waals surface area contributed by atoms with Crippen molar-refractivity contribution in [2.24, 2.45) is 0 Å². The first-order valence-corrected chi connectivity index (χ1v) is 11.4. The van der Waals surface area contributed by atoms with E-state index in [-0.39, 0.29) is 12.2 Å². The fourth-order valence-electron chi connectivity index (χ4n) is 3.83. The highest BCUT2D eigenvalue weighted by atomic mass is 79.9. The highest BCUT2D eigenvalue weighted by molar-refractivity contribution is 9.10. The maximum Gasteiger partial charge on any atom is 0.0546 e. The molecule has 0 aliphatic heterocycles. The monoisotopic (exact) mass is 506 g/mol. The van der Waals surface area contributed by atoms with Gasteiger partial charge < -0.3 is 9.47 Å². The molecular formula is C24H28Br2O2. The molecule has 0 saturated heterocycles. The van der Waals surface area contributed by atoms with Crippen LogP contribution >= 0.6 is 31.9 Å². The molecule has 0 bridgehead atoms. The van der Waals surface area contributed by atoms with Crippen LogP contribution in [0.25, 0.3) is 21.5 Å². The lowest BCUT2D eigenvalue weighted by Gasteiger charge is -2.20. The third-order valence-corrected chi connectivity index (χ3v) is 6.66. The van der Waals surface area contributed by atoms with Crippen molar-refractivity contribution >= 4 is 53.4 Å². The summed E-state index contributed by atoms with van der Waals surface area (Å²) in [6.45, 7) is 4.28. The molecule has 0 spiro atoms. The van der Waals surface area contributed by atoms with E-state index < -0.39 is 0 Å². The van der Waals surface area contributed by atoms with Gasteiger partial charge in [-0.15, -0.1) is 0 Å². The third-order valence-electron chi connectivity index (χ3n) is 5.67. The Morgan fingerprint density at radius 1 is 0.679 bits per heavy atom. The highest BCUT2D eigenvalue weighted by Gasteiger charge is 2.17. The Morgan fingerprint density at radius 3 is 1.43 bits per heavy atom. The van der Waals surface area contributed by atoms with Crippen molar-refractivity contribution in [3.8, 4) is 0 Å². The number of halogens is 2. The first-order valence-electron chi connectivity index (χ1n) is 9.82. The quantitative estimate of drug-likeness (QED) is 0.294. The smallest absolute Gasteiger partial charge is 0.0546 e. The van der Waals surface area contributed by atoms with Gasteiger partial charge in [0.2, 0.25) is 0 Å². The average Bonchev–Trinajstić information content (AvgIpc) is 2.69. The van der Waals surface area contributed by atoms with E-state index >= 15 is 0 Å². The third kappa shape index (κ3) is 4.79. The predicted octanol–water partition coefficient (Wildman–Crippen LogP) is 7.45. The standard InChI is InChI=1S/C24H28Br2O2/c1-15(27-3)5-9-19-20(10-6-16(2)28-4)24-14-18(26)8-12-22(24)21-11-7-17(25)13-23(19)21/h7-8,11-16H,5-6,9-10H2,1-4H3. The average molecular weight is 508 g/mol. The van der Waals surface area contributed by atoms with Gasteiger partial charge in [-0.2, -0.15) is 0 Å². The van der Waals surface area contributed by atoms with Crippen LogP contribution < -0.4 is 0 Å². The van der Waals surface area contributed by atoms with Crippen LogP contribution in [-0.4, -0.2) is 26.4 Å². The van der Waals surface area contributed by atoms with Gasteiger partial charge in [0.15, 0.2) is 0 Å². The predicted molar refractivity (Wildman–Crippen MR) is 126 cm³/mol. The Labute approximate surface area is 184 Å². The van der Waals surface area contributed by atoms with E-state index in [4.69, 9.17) is 9.47 Å². The molecule has 0 fully saturated rings. The van der Waals surface area contributed by atoms with Crippen LogP contribution in [0.1, 0.15) is 37.8 Å². The summed E-state index contributed by atoms with van der Waals surface area (Å²) in [5, 5.41) is 5.31. The van der Waals surface area contributed by atoms with Crippen molar-refractivity contribution in [3.05, 3.63) is 56.5 Å². The number of hydrogen-bond acceptors (Lipinski definition) is 2. The fourth-order valence-corrected chi connectivity index (χ4v) is 4.55. The van der Waals surface area contributed by atoms with Crippen LogP contribution in [0.15, 0.2) is 45.3 Å². The highest BCUT2D eigenvalue weighted by Crippen LogP contribution is 2.37. The molecular weight excluding hydrogens is 480 g/mol. The Morgan fingerprint density at radius 2 is 1.07 bits per heavy atom. The van der Waals surface area contributed by atoms with Crippen LogP contribution in [0, 0.1) is 0 Å². The number of hydrogen-bond donors (Lipinski definition) is 0. The molecule has 0 amide bonds. The Hall–Kier alpha value is -0.940. The van der Waals surface area contributed by atoms with Crippen LogP contribution in [0.5, 0.6) is 0 Å². The molecule has 0 saturated carbocycles. The molecule has 3 rings (SSSR count).